The highest BCUT2D eigenvalue weighted by Crippen LogP contribution is 2.37. The second-order valence-corrected chi connectivity index (χ2v) is 6.48. The second-order valence-electron chi connectivity index (χ2n) is 6.48. The van der Waals surface area contributed by atoms with Crippen molar-refractivity contribution < 1.29 is 9.66 Å². The average Bonchev–Trinajstić information content (AvgIpc) is 2.58. The van der Waals surface area contributed by atoms with Gasteiger partial charge in [0.05, 0.1) is 4.92 Å². The monoisotopic (exact) mass is 319 g/mol. The lowest BCUT2D eigenvalue weighted by atomic mass is 9.85. The first-order chi connectivity index (χ1) is 11.2. The van der Waals surface area contributed by atoms with Gasteiger partial charge >= 0.3 is 0 Å². The molecule has 6 nitrogen and oxygen atoms in total. The summed E-state index contributed by atoms with van der Waals surface area (Å²) >= 11 is 0. The summed E-state index contributed by atoms with van der Waals surface area (Å²) in [6.07, 6.45) is 2.05. The minimum atomic E-state index is -0.266. The molecular formula is C17H25N3O3. The number of benzene rings is 1. The van der Waals surface area contributed by atoms with Crippen LogP contribution in [0.1, 0.15) is 30.0 Å². The molecule has 2 fully saturated rings. The van der Waals surface area contributed by atoms with E-state index in [0.717, 1.165) is 63.4 Å². The molecule has 1 aromatic carbocycles. The highest BCUT2D eigenvalue weighted by molar-refractivity contribution is 5.43. The predicted octanol–water partition coefficient (Wildman–Crippen LogP) is 2.28. The van der Waals surface area contributed by atoms with E-state index in [1.54, 1.807) is 13.0 Å². The van der Waals surface area contributed by atoms with Crippen LogP contribution < -0.4 is 5.32 Å². The molecule has 2 aliphatic rings. The Balaban J connectivity index is 1.93. The van der Waals surface area contributed by atoms with Crippen molar-refractivity contribution in [1.29, 1.82) is 0 Å². The second kappa shape index (κ2) is 7.38. The van der Waals surface area contributed by atoms with Crippen LogP contribution in [-0.2, 0) is 4.74 Å². The number of nitrogens with zero attached hydrogens (tertiary/aromatic N) is 2. The number of ether oxygens (including phenoxy) is 1. The molecule has 0 unspecified atom stereocenters. The third kappa shape index (κ3) is 3.71. The molecule has 126 valence electrons. The first-order valence-electron chi connectivity index (χ1n) is 8.44. The molecule has 0 spiro atoms. The fraction of sp³-hybridized carbons (Fsp3) is 0.647. The van der Waals surface area contributed by atoms with Crippen molar-refractivity contribution in [1.82, 2.24) is 10.2 Å². The molecular weight excluding hydrogens is 294 g/mol. The summed E-state index contributed by atoms with van der Waals surface area (Å²) in [7, 11) is 0. The fourth-order valence-electron chi connectivity index (χ4n) is 3.78. The van der Waals surface area contributed by atoms with Crippen LogP contribution in [0.4, 0.5) is 5.69 Å². The van der Waals surface area contributed by atoms with Gasteiger partial charge in [-0.05, 0) is 31.2 Å². The smallest absolute Gasteiger partial charge is 0.272 e. The summed E-state index contributed by atoms with van der Waals surface area (Å²) in [6, 6.07) is 6.00. The molecule has 2 saturated heterocycles. The van der Waals surface area contributed by atoms with Crippen LogP contribution in [0.25, 0.3) is 0 Å². The van der Waals surface area contributed by atoms with E-state index in [1.165, 1.54) is 0 Å². The van der Waals surface area contributed by atoms with Gasteiger partial charge in [-0.15, -0.1) is 0 Å². The van der Waals surface area contributed by atoms with E-state index < -0.39 is 0 Å². The molecule has 23 heavy (non-hydrogen) atoms. The Morgan fingerprint density at radius 3 is 2.65 bits per heavy atom. The van der Waals surface area contributed by atoms with Gasteiger partial charge in [-0.2, -0.15) is 0 Å². The largest absolute Gasteiger partial charge is 0.381 e. The summed E-state index contributed by atoms with van der Waals surface area (Å²) in [5.74, 6) is 0.504. The van der Waals surface area contributed by atoms with Crippen LogP contribution in [0.5, 0.6) is 0 Å². The predicted molar refractivity (Wildman–Crippen MR) is 88.6 cm³/mol. The Morgan fingerprint density at radius 2 is 2.00 bits per heavy atom. The Bertz CT molecular complexity index is 534. The third-order valence-corrected chi connectivity index (χ3v) is 5.03. The van der Waals surface area contributed by atoms with Crippen molar-refractivity contribution in [2.45, 2.75) is 25.8 Å². The topological polar surface area (TPSA) is 67.6 Å². The normalized spacial score (nSPS) is 22.0. The maximum absolute atomic E-state index is 11.3. The SMILES string of the molecule is Cc1ccc([C@@H](C2CCOCC2)N2CCNCC2)cc1[N+](=O)[O-]. The molecule has 2 aliphatic heterocycles. The van der Waals surface area contributed by atoms with Crippen LogP contribution in [0.2, 0.25) is 0 Å². The quantitative estimate of drug-likeness (QED) is 0.681. The number of rotatable bonds is 4. The minimum absolute atomic E-state index is 0.231. The highest BCUT2D eigenvalue weighted by atomic mass is 16.6. The zero-order chi connectivity index (χ0) is 16.2. The summed E-state index contributed by atoms with van der Waals surface area (Å²) in [6.45, 7) is 7.33. The lowest BCUT2D eigenvalue weighted by Crippen LogP contribution is -2.47. The molecule has 3 rings (SSSR count). The molecule has 0 amide bonds. The summed E-state index contributed by atoms with van der Waals surface area (Å²) < 4.78 is 5.52. The molecule has 1 aromatic rings. The van der Waals surface area contributed by atoms with Crippen molar-refractivity contribution in [3.05, 3.63) is 39.4 Å². The van der Waals surface area contributed by atoms with Gasteiger partial charge in [0.1, 0.15) is 0 Å². The van der Waals surface area contributed by atoms with Crippen LogP contribution in [0, 0.1) is 23.0 Å². The van der Waals surface area contributed by atoms with Gasteiger partial charge in [0.2, 0.25) is 0 Å². The minimum Gasteiger partial charge on any atom is -0.381 e. The number of piperazine rings is 1. The van der Waals surface area contributed by atoms with E-state index in [-0.39, 0.29) is 16.7 Å². The van der Waals surface area contributed by atoms with Gasteiger partial charge in [0.25, 0.3) is 5.69 Å². The van der Waals surface area contributed by atoms with Gasteiger partial charge < -0.3 is 10.1 Å². The first kappa shape index (κ1) is 16.4. The fourth-order valence-corrected chi connectivity index (χ4v) is 3.78. The number of aryl methyl sites for hydroxylation is 1. The molecule has 0 aliphatic carbocycles. The molecule has 6 heteroatoms. The Hall–Kier alpha value is -1.50. The number of nitro groups is 1. The summed E-state index contributed by atoms with van der Waals surface area (Å²) in [4.78, 5) is 13.5. The Labute approximate surface area is 137 Å². The van der Waals surface area contributed by atoms with Crippen molar-refractivity contribution in [3.8, 4) is 0 Å². The standard InChI is InChI=1S/C17H25N3O3/c1-13-2-3-15(12-16(13)20(21)22)17(14-4-10-23-11-5-14)19-8-6-18-7-9-19/h2-3,12,14,17-18H,4-11H2,1H3/t17-/m1/s1. The Morgan fingerprint density at radius 1 is 1.30 bits per heavy atom. The summed E-state index contributed by atoms with van der Waals surface area (Å²) in [5, 5.41) is 14.7. The highest BCUT2D eigenvalue weighted by Gasteiger charge is 2.32. The Kier molecular flexibility index (Phi) is 5.25. The van der Waals surface area contributed by atoms with Crippen molar-refractivity contribution >= 4 is 5.69 Å². The van der Waals surface area contributed by atoms with Crippen LogP contribution in [0.3, 0.4) is 0 Å². The lowest BCUT2D eigenvalue weighted by Gasteiger charge is -2.41. The van der Waals surface area contributed by atoms with Gasteiger partial charge in [0.15, 0.2) is 0 Å². The van der Waals surface area contributed by atoms with Crippen LogP contribution in [0.15, 0.2) is 18.2 Å². The first-order valence-corrected chi connectivity index (χ1v) is 8.44. The van der Waals surface area contributed by atoms with E-state index in [0.29, 0.717) is 5.92 Å². The maximum Gasteiger partial charge on any atom is 0.272 e. The van der Waals surface area contributed by atoms with Gasteiger partial charge in [-0.3, -0.25) is 15.0 Å². The van der Waals surface area contributed by atoms with E-state index in [1.807, 2.05) is 6.07 Å². The van der Waals surface area contributed by atoms with Crippen molar-refractivity contribution in [2.24, 2.45) is 5.92 Å². The van der Waals surface area contributed by atoms with E-state index in [2.05, 4.69) is 16.3 Å². The van der Waals surface area contributed by atoms with E-state index in [4.69, 9.17) is 4.74 Å². The van der Waals surface area contributed by atoms with Gasteiger partial charge in [0, 0.05) is 57.1 Å². The van der Waals surface area contributed by atoms with Crippen LogP contribution in [-0.4, -0.2) is 49.2 Å². The molecule has 2 heterocycles. The molecule has 0 aromatic heterocycles. The molecule has 1 N–H and O–H groups in total. The van der Waals surface area contributed by atoms with E-state index >= 15 is 0 Å². The number of hydrogen-bond donors (Lipinski definition) is 1. The zero-order valence-electron chi connectivity index (χ0n) is 13.7. The van der Waals surface area contributed by atoms with Gasteiger partial charge in [-0.25, -0.2) is 0 Å². The number of nitro benzene ring substituents is 1. The van der Waals surface area contributed by atoms with Crippen LogP contribution >= 0.6 is 0 Å². The lowest BCUT2D eigenvalue weighted by molar-refractivity contribution is -0.385. The molecule has 0 radical (unpaired) electrons. The van der Waals surface area contributed by atoms with Gasteiger partial charge in [-0.1, -0.05) is 12.1 Å². The zero-order valence-corrected chi connectivity index (χ0v) is 13.7. The number of hydrogen-bond acceptors (Lipinski definition) is 5. The van der Waals surface area contributed by atoms with E-state index in [9.17, 15) is 10.1 Å². The molecule has 0 bridgehead atoms. The third-order valence-electron chi connectivity index (χ3n) is 5.03. The van der Waals surface area contributed by atoms with Crippen molar-refractivity contribution in [3.63, 3.8) is 0 Å². The molecule has 0 saturated carbocycles. The van der Waals surface area contributed by atoms with Crippen molar-refractivity contribution in [2.75, 3.05) is 39.4 Å². The molecule has 1 atom stereocenters. The maximum atomic E-state index is 11.3. The summed E-state index contributed by atoms with van der Waals surface area (Å²) in [5.41, 5.74) is 2.04. The number of nitrogens with one attached hydrogen (secondary N) is 1. The average molecular weight is 319 g/mol.